The van der Waals surface area contributed by atoms with Gasteiger partial charge in [-0.2, -0.15) is 10.6 Å². The number of hydrogen-bond acceptors (Lipinski definition) is 8. The number of benzene rings is 2. The molecule has 0 radical (unpaired) electrons. The fourth-order valence-corrected chi connectivity index (χ4v) is 5.75. The standard InChI is InChI=1S/C24H24ClN5O4S/c1-13-21(14(2)34-30-13)16-6-7-20-19(9-16)22(26-10-15-4-3-5-17(25)8-15)29-23(28-20)24(31)27-18-11-35(32,33)12-18/h3-9,18,32-33H,10-12H2,1-2H3,(H,27,31)(H,26,28,29). The van der Waals surface area contributed by atoms with Crippen molar-refractivity contribution in [1.29, 1.82) is 0 Å². The van der Waals surface area contributed by atoms with Gasteiger partial charge in [-0.3, -0.25) is 13.9 Å². The Morgan fingerprint density at radius 1 is 1.17 bits per heavy atom. The summed E-state index contributed by atoms with van der Waals surface area (Å²) in [5, 5.41) is 11.5. The average molecular weight is 514 g/mol. The molecule has 1 fully saturated rings. The Hall–Kier alpha value is -3.18. The van der Waals surface area contributed by atoms with Crippen molar-refractivity contribution in [2.75, 3.05) is 16.8 Å². The minimum absolute atomic E-state index is 0.000405. The molecule has 0 aliphatic carbocycles. The minimum Gasteiger partial charge on any atom is -0.365 e. The van der Waals surface area contributed by atoms with Crippen molar-refractivity contribution in [3.63, 3.8) is 0 Å². The molecule has 11 heteroatoms. The van der Waals surface area contributed by atoms with Crippen molar-refractivity contribution in [3.05, 3.63) is 70.3 Å². The van der Waals surface area contributed by atoms with Crippen molar-refractivity contribution >= 4 is 44.8 Å². The lowest BCUT2D eigenvalue weighted by Crippen LogP contribution is -2.50. The SMILES string of the molecule is Cc1noc(C)c1-c1ccc2nc(C(=O)NC3CS(O)(O)C3)nc(NCc3cccc(Cl)c3)c2c1. The number of halogens is 1. The quantitative estimate of drug-likeness (QED) is 0.282. The molecule has 2 aromatic heterocycles. The van der Waals surface area contributed by atoms with Crippen LogP contribution >= 0.6 is 22.2 Å². The minimum atomic E-state index is -2.57. The van der Waals surface area contributed by atoms with Gasteiger partial charge < -0.3 is 15.2 Å². The second-order valence-corrected chi connectivity index (χ2v) is 11.3. The monoisotopic (exact) mass is 513 g/mol. The molecule has 182 valence electrons. The number of rotatable bonds is 6. The van der Waals surface area contributed by atoms with Gasteiger partial charge in [0, 0.05) is 22.5 Å². The first-order valence-corrected chi connectivity index (χ1v) is 13.2. The van der Waals surface area contributed by atoms with Crippen LogP contribution in [0.15, 0.2) is 47.0 Å². The number of aryl methyl sites for hydroxylation is 2. The number of fused-ring (bicyclic) bond motifs is 1. The summed E-state index contributed by atoms with van der Waals surface area (Å²) in [5.41, 5.74) is 4.13. The second kappa shape index (κ2) is 9.12. The van der Waals surface area contributed by atoms with Crippen molar-refractivity contribution in [2.24, 2.45) is 0 Å². The summed E-state index contributed by atoms with van der Waals surface area (Å²) in [7, 11) is -2.57. The molecule has 0 unspecified atom stereocenters. The Morgan fingerprint density at radius 2 is 1.97 bits per heavy atom. The van der Waals surface area contributed by atoms with Crippen LogP contribution in [-0.4, -0.2) is 47.7 Å². The summed E-state index contributed by atoms with van der Waals surface area (Å²) in [4.78, 5) is 21.9. The first-order valence-electron chi connectivity index (χ1n) is 11.0. The maximum atomic E-state index is 12.9. The second-order valence-electron chi connectivity index (χ2n) is 8.62. The summed E-state index contributed by atoms with van der Waals surface area (Å²) in [6.45, 7) is 4.18. The molecule has 1 aliphatic heterocycles. The van der Waals surface area contributed by atoms with Crippen LogP contribution in [0.1, 0.15) is 27.6 Å². The molecule has 35 heavy (non-hydrogen) atoms. The van der Waals surface area contributed by atoms with E-state index >= 15 is 0 Å². The molecule has 4 N–H and O–H groups in total. The lowest BCUT2D eigenvalue weighted by Gasteiger charge is -2.46. The lowest BCUT2D eigenvalue weighted by atomic mass is 10.0. The number of anilines is 1. The predicted molar refractivity (Wildman–Crippen MR) is 137 cm³/mol. The molecule has 1 aliphatic rings. The van der Waals surface area contributed by atoms with Crippen molar-refractivity contribution in [3.8, 4) is 11.1 Å². The summed E-state index contributed by atoms with van der Waals surface area (Å²) < 4.78 is 24.6. The first-order chi connectivity index (χ1) is 16.7. The molecule has 0 saturated carbocycles. The molecule has 4 aromatic rings. The maximum Gasteiger partial charge on any atom is 0.289 e. The normalized spacial score (nSPS) is 16.0. The molecule has 0 spiro atoms. The van der Waals surface area contributed by atoms with Crippen LogP contribution in [0.2, 0.25) is 5.02 Å². The van der Waals surface area contributed by atoms with E-state index in [-0.39, 0.29) is 23.4 Å². The van der Waals surface area contributed by atoms with Gasteiger partial charge in [-0.1, -0.05) is 35.0 Å². The van der Waals surface area contributed by atoms with Gasteiger partial charge in [0.2, 0.25) is 5.82 Å². The van der Waals surface area contributed by atoms with Gasteiger partial charge >= 0.3 is 0 Å². The van der Waals surface area contributed by atoms with Gasteiger partial charge in [-0.25, -0.2) is 9.97 Å². The molecule has 5 rings (SSSR count). The van der Waals surface area contributed by atoms with Crippen LogP contribution in [-0.2, 0) is 6.54 Å². The highest BCUT2D eigenvalue weighted by Crippen LogP contribution is 2.48. The Bertz CT molecular complexity index is 1410. The molecule has 3 heterocycles. The molecule has 9 nitrogen and oxygen atoms in total. The molecular formula is C24H24ClN5O4S. The summed E-state index contributed by atoms with van der Waals surface area (Å²) >= 11 is 6.13. The zero-order chi connectivity index (χ0) is 24.7. The Balaban J connectivity index is 1.51. The number of nitrogens with zero attached hydrogens (tertiary/aromatic N) is 3. The van der Waals surface area contributed by atoms with E-state index < -0.39 is 16.5 Å². The van der Waals surface area contributed by atoms with Crippen LogP contribution < -0.4 is 10.6 Å². The van der Waals surface area contributed by atoms with Crippen molar-refractivity contribution in [2.45, 2.75) is 26.4 Å². The van der Waals surface area contributed by atoms with E-state index in [1.165, 1.54) is 0 Å². The van der Waals surface area contributed by atoms with Gasteiger partial charge in [0.15, 0.2) is 0 Å². The molecule has 1 amide bonds. The highest BCUT2D eigenvalue weighted by atomic mass is 35.5. The lowest BCUT2D eigenvalue weighted by molar-refractivity contribution is 0.0931. The topological polar surface area (TPSA) is 133 Å². The average Bonchev–Trinajstić information content (AvgIpc) is 3.13. The van der Waals surface area contributed by atoms with E-state index in [0.29, 0.717) is 28.7 Å². The Kier molecular flexibility index (Phi) is 6.14. The highest BCUT2D eigenvalue weighted by molar-refractivity contribution is 8.25. The van der Waals surface area contributed by atoms with Crippen LogP contribution in [0.3, 0.4) is 0 Å². The van der Waals surface area contributed by atoms with Gasteiger partial charge in [-0.15, -0.1) is 0 Å². The fourth-order valence-electron chi connectivity index (χ4n) is 4.18. The van der Waals surface area contributed by atoms with Crippen molar-refractivity contribution < 1.29 is 18.4 Å². The predicted octanol–water partition coefficient (Wildman–Crippen LogP) is 5.03. The summed E-state index contributed by atoms with van der Waals surface area (Å²) in [6, 6.07) is 12.9. The third-order valence-corrected chi connectivity index (χ3v) is 7.95. The van der Waals surface area contributed by atoms with Gasteiger partial charge in [0.1, 0.15) is 11.6 Å². The largest absolute Gasteiger partial charge is 0.365 e. The smallest absolute Gasteiger partial charge is 0.289 e. The molecule has 1 saturated heterocycles. The summed E-state index contributed by atoms with van der Waals surface area (Å²) in [5.74, 6) is 1.03. The third kappa shape index (κ3) is 4.96. The number of amides is 1. The zero-order valence-corrected chi connectivity index (χ0v) is 20.7. The summed E-state index contributed by atoms with van der Waals surface area (Å²) in [6.07, 6.45) is 0. The van der Waals surface area contributed by atoms with Crippen LogP contribution in [0.25, 0.3) is 22.0 Å². The van der Waals surface area contributed by atoms with Gasteiger partial charge in [0.25, 0.3) is 5.91 Å². The van der Waals surface area contributed by atoms with E-state index in [0.717, 1.165) is 27.8 Å². The van der Waals surface area contributed by atoms with E-state index in [4.69, 9.17) is 16.1 Å². The van der Waals surface area contributed by atoms with Crippen LogP contribution in [0.4, 0.5) is 5.82 Å². The fraction of sp³-hybridized carbons (Fsp3) is 0.250. The Morgan fingerprint density at radius 3 is 2.66 bits per heavy atom. The molecular weight excluding hydrogens is 490 g/mol. The molecule has 0 bridgehead atoms. The number of hydrogen-bond donors (Lipinski definition) is 4. The number of carbonyl (C=O) groups is 1. The van der Waals surface area contributed by atoms with E-state index in [1.807, 2.05) is 50.2 Å². The van der Waals surface area contributed by atoms with E-state index in [2.05, 4.69) is 25.8 Å². The number of nitrogens with one attached hydrogen (secondary N) is 2. The van der Waals surface area contributed by atoms with Crippen molar-refractivity contribution in [1.82, 2.24) is 20.4 Å². The molecule has 2 aromatic carbocycles. The van der Waals surface area contributed by atoms with Gasteiger partial charge in [-0.05, 0) is 49.2 Å². The van der Waals surface area contributed by atoms with Gasteiger partial charge in [0.05, 0.1) is 28.8 Å². The van der Waals surface area contributed by atoms with Crippen LogP contribution in [0.5, 0.6) is 0 Å². The van der Waals surface area contributed by atoms with E-state index in [1.54, 1.807) is 6.07 Å². The third-order valence-electron chi connectivity index (χ3n) is 5.84. The highest BCUT2D eigenvalue weighted by Gasteiger charge is 2.35. The molecule has 0 atom stereocenters. The van der Waals surface area contributed by atoms with E-state index in [9.17, 15) is 13.9 Å². The first kappa shape index (κ1) is 23.6. The maximum absolute atomic E-state index is 12.9. The van der Waals surface area contributed by atoms with Crippen LogP contribution in [0, 0.1) is 13.8 Å². The number of aromatic nitrogens is 3. The zero-order valence-electron chi connectivity index (χ0n) is 19.1. The Labute approximate surface area is 208 Å². The number of carbonyl (C=O) groups excluding carboxylic acids is 1.